The average molecular weight is 182 g/mol. The first-order valence-electron chi connectivity index (χ1n) is 5.64. The lowest BCUT2D eigenvalue weighted by atomic mass is 9.66. The van der Waals surface area contributed by atoms with Gasteiger partial charge in [-0.05, 0) is 32.1 Å². The zero-order chi connectivity index (χ0) is 8.94. The monoisotopic (exact) mass is 182 g/mol. The molecule has 3 atom stereocenters. The predicted molar refractivity (Wildman–Crippen MR) is 49.4 cm³/mol. The van der Waals surface area contributed by atoms with E-state index in [1.165, 1.54) is 44.9 Å². The van der Waals surface area contributed by atoms with Gasteiger partial charge in [-0.3, -0.25) is 0 Å². The van der Waals surface area contributed by atoms with Gasteiger partial charge in [0.25, 0.3) is 0 Å². The summed E-state index contributed by atoms with van der Waals surface area (Å²) in [5.41, 5.74) is 0.370. The summed E-state index contributed by atoms with van der Waals surface area (Å²) < 4.78 is 6.06. The Morgan fingerprint density at radius 1 is 1.15 bits per heavy atom. The Bertz CT molecular complexity index is 224. The van der Waals surface area contributed by atoms with Crippen LogP contribution in [0.15, 0.2) is 0 Å². The van der Waals surface area contributed by atoms with Gasteiger partial charge < -0.3 is 9.84 Å². The van der Waals surface area contributed by atoms with Gasteiger partial charge in [0.1, 0.15) is 5.60 Å². The standard InChI is InChI=1S/C11H18O2/c12-8-9-4-3-6-10-5-1-2-7-11(9,10)13-10/h9,12H,1-8H2/t9-,10-,11+/m0/s1. The number of aliphatic hydroxyl groups is 1. The van der Waals surface area contributed by atoms with Crippen molar-refractivity contribution in [3.05, 3.63) is 0 Å². The second-order valence-electron chi connectivity index (χ2n) is 4.96. The van der Waals surface area contributed by atoms with Crippen LogP contribution in [0.3, 0.4) is 0 Å². The van der Waals surface area contributed by atoms with E-state index in [1.807, 2.05) is 0 Å². The van der Waals surface area contributed by atoms with Crippen LogP contribution in [0.2, 0.25) is 0 Å². The minimum Gasteiger partial charge on any atom is -0.396 e. The Kier molecular flexibility index (Phi) is 1.58. The second kappa shape index (κ2) is 2.48. The van der Waals surface area contributed by atoms with Gasteiger partial charge in [0.15, 0.2) is 0 Å². The molecule has 0 unspecified atom stereocenters. The molecule has 3 rings (SSSR count). The first-order valence-corrected chi connectivity index (χ1v) is 5.64. The number of hydrogen-bond donors (Lipinski definition) is 1. The number of aliphatic hydroxyl groups excluding tert-OH is 1. The van der Waals surface area contributed by atoms with Crippen molar-refractivity contribution in [3.63, 3.8) is 0 Å². The maximum Gasteiger partial charge on any atom is 0.103 e. The van der Waals surface area contributed by atoms with Crippen LogP contribution in [0.25, 0.3) is 0 Å². The molecule has 3 aliphatic rings. The fourth-order valence-electron chi connectivity index (χ4n) is 3.82. The molecule has 0 aromatic rings. The molecule has 0 radical (unpaired) electrons. The lowest BCUT2D eigenvalue weighted by Gasteiger charge is -2.34. The van der Waals surface area contributed by atoms with Gasteiger partial charge in [-0.1, -0.05) is 12.8 Å². The van der Waals surface area contributed by atoms with Gasteiger partial charge in [-0.15, -0.1) is 0 Å². The predicted octanol–water partition coefficient (Wildman–Crippen LogP) is 1.86. The van der Waals surface area contributed by atoms with Gasteiger partial charge in [-0.25, -0.2) is 0 Å². The maximum atomic E-state index is 9.34. The molecule has 2 nitrogen and oxygen atoms in total. The Labute approximate surface area is 79.3 Å². The van der Waals surface area contributed by atoms with Gasteiger partial charge in [0.05, 0.1) is 5.60 Å². The van der Waals surface area contributed by atoms with Crippen molar-refractivity contribution < 1.29 is 9.84 Å². The van der Waals surface area contributed by atoms with Crippen LogP contribution in [-0.4, -0.2) is 22.9 Å². The van der Waals surface area contributed by atoms with E-state index in [9.17, 15) is 5.11 Å². The molecule has 2 saturated carbocycles. The van der Waals surface area contributed by atoms with Crippen molar-refractivity contribution in [1.82, 2.24) is 0 Å². The first kappa shape index (κ1) is 8.25. The molecule has 2 heteroatoms. The molecule has 1 N–H and O–H groups in total. The molecule has 13 heavy (non-hydrogen) atoms. The topological polar surface area (TPSA) is 32.8 Å². The summed E-state index contributed by atoms with van der Waals surface area (Å²) >= 11 is 0. The largest absolute Gasteiger partial charge is 0.396 e. The number of epoxide rings is 1. The molecule has 0 amide bonds. The quantitative estimate of drug-likeness (QED) is 0.628. The van der Waals surface area contributed by atoms with E-state index < -0.39 is 0 Å². The minimum absolute atomic E-state index is 0.137. The molecule has 0 bridgehead atoms. The van der Waals surface area contributed by atoms with Crippen molar-refractivity contribution in [2.24, 2.45) is 5.92 Å². The molecular weight excluding hydrogens is 164 g/mol. The summed E-state index contributed by atoms with van der Waals surface area (Å²) in [6.07, 6.45) is 8.79. The van der Waals surface area contributed by atoms with E-state index in [0.29, 0.717) is 12.5 Å². The SMILES string of the molecule is OC[C@@H]1CCC[C@@]23CCCC[C@@]12O3. The zero-order valence-electron chi connectivity index (χ0n) is 8.09. The van der Waals surface area contributed by atoms with Gasteiger partial charge >= 0.3 is 0 Å². The van der Waals surface area contributed by atoms with Gasteiger partial charge in [0, 0.05) is 12.5 Å². The third kappa shape index (κ3) is 0.861. The van der Waals surface area contributed by atoms with E-state index in [2.05, 4.69) is 0 Å². The first-order chi connectivity index (χ1) is 6.33. The molecular formula is C11H18O2. The molecule has 3 fully saturated rings. The molecule has 0 spiro atoms. The maximum absolute atomic E-state index is 9.34. The van der Waals surface area contributed by atoms with E-state index in [-0.39, 0.29) is 11.2 Å². The number of rotatable bonds is 1. The number of ether oxygens (including phenoxy) is 1. The summed E-state index contributed by atoms with van der Waals surface area (Å²) in [5, 5.41) is 9.34. The summed E-state index contributed by atoms with van der Waals surface area (Å²) in [4.78, 5) is 0. The van der Waals surface area contributed by atoms with E-state index in [0.717, 1.165) is 0 Å². The lowest BCUT2D eigenvalue weighted by Crippen LogP contribution is -2.41. The fourth-order valence-corrected chi connectivity index (χ4v) is 3.82. The summed E-state index contributed by atoms with van der Waals surface area (Å²) in [6.45, 7) is 0.335. The summed E-state index contributed by atoms with van der Waals surface area (Å²) in [7, 11) is 0. The molecule has 1 aliphatic heterocycles. The van der Waals surface area contributed by atoms with Crippen LogP contribution in [0, 0.1) is 5.92 Å². The molecule has 0 aromatic heterocycles. The van der Waals surface area contributed by atoms with Crippen molar-refractivity contribution >= 4 is 0 Å². The van der Waals surface area contributed by atoms with Crippen LogP contribution in [-0.2, 0) is 4.74 Å². The molecule has 0 aromatic carbocycles. The van der Waals surface area contributed by atoms with Crippen molar-refractivity contribution in [1.29, 1.82) is 0 Å². The third-order valence-electron chi connectivity index (χ3n) is 4.50. The highest BCUT2D eigenvalue weighted by Gasteiger charge is 2.73. The van der Waals surface area contributed by atoms with E-state index >= 15 is 0 Å². The smallest absolute Gasteiger partial charge is 0.103 e. The summed E-state index contributed by atoms with van der Waals surface area (Å²) in [5.74, 6) is 0.446. The molecule has 1 heterocycles. The minimum atomic E-state index is 0.137. The normalized spacial score (nSPS) is 53.8. The second-order valence-corrected chi connectivity index (χ2v) is 4.96. The van der Waals surface area contributed by atoms with Gasteiger partial charge in [0.2, 0.25) is 0 Å². The molecule has 74 valence electrons. The highest BCUT2D eigenvalue weighted by atomic mass is 16.6. The fraction of sp³-hybridized carbons (Fsp3) is 1.00. The third-order valence-corrected chi connectivity index (χ3v) is 4.50. The average Bonchev–Trinajstić information content (AvgIpc) is 2.86. The molecule has 1 saturated heterocycles. The van der Waals surface area contributed by atoms with Crippen LogP contribution in [0.5, 0.6) is 0 Å². The van der Waals surface area contributed by atoms with Crippen LogP contribution in [0.1, 0.15) is 44.9 Å². The van der Waals surface area contributed by atoms with E-state index in [4.69, 9.17) is 4.74 Å². The Hall–Kier alpha value is -0.0800. The van der Waals surface area contributed by atoms with Crippen molar-refractivity contribution in [2.45, 2.75) is 56.1 Å². The van der Waals surface area contributed by atoms with Gasteiger partial charge in [-0.2, -0.15) is 0 Å². The van der Waals surface area contributed by atoms with Crippen LogP contribution >= 0.6 is 0 Å². The van der Waals surface area contributed by atoms with E-state index in [1.54, 1.807) is 0 Å². The highest BCUT2D eigenvalue weighted by Crippen LogP contribution is 2.66. The van der Waals surface area contributed by atoms with Crippen LogP contribution in [0.4, 0.5) is 0 Å². The zero-order valence-corrected chi connectivity index (χ0v) is 8.09. The molecule has 2 aliphatic carbocycles. The van der Waals surface area contributed by atoms with Crippen LogP contribution < -0.4 is 0 Å². The Balaban J connectivity index is 1.89. The van der Waals surface area contributed by atoms with Crippen molar-refractivity contribution in [2.75, 3.05) is 6.61 Å². The Morgan fingerprint density at radius 2 is 1.92 bits per heavy atom. The highest BCUT2D eigenvalue weighted by molar-refractivity contribution is 5.22. The summed E-state index contributed by atoms with van der Waals surface area (Å²) in [6, 6.07) is 0. The van der Waals surface area contributed by atoms with Crippen molar-refractivity contribution in [3.8, 4) is 0 Å². The number of hydrogen-bond acceptors (Lipinski definition) is 2. The lowest BCUT2D eigenvalue weighted by molar-refractivity contribution is 0.112. The Morgan fingerprint density at radius 3 is 2.77 bits per heavy atom.